The molecule has 15 unspecified atom stereocenters. The van der Waals surface area contributed by atoms with E-state index >= 15 is 28.8 Å². The highest BCUT2D eigenvalue weighted by atomic mass is 16.7. The molecule has 0 radical (unpaired) electrons. The van der Waals surface area contributed by atoms with Crippen molar-refractivity contribution >= 4 is 47.8 Å². The molecule has 0 heterocycles. The van der Waals surface area contributed by atoms with Crippen LogP contribution in [0.2, 0.25) is 0 Å². The minimum absolute atomic E-state index is 0.131. The maximum Gasteiger partial charge on any atom is 0.314 e. The quantitative estimate of drug-likeness (QED) is 0.0237. The molecule has 24 nitrogen and oxygen atoms in total. The highest BCUT2D eigenvalue weighted by Crippen LogP contribution is 2.56. The van der Waals surface area contributed by atoms with E-state index in [1.165, 1.54) is 27.7 Å². The SMILES string of the molecule is CCCCOC(C)OC(=O)C(C)(C)CC(C)(CC(C)(CC(C)(CC(C)(CC(C)(CC(C)(CC(C)(CC)C(=O)OC(C)OCCCC)C(=O)OC(C)OCCCC)C(=O)OC(C)OCCCC)C(=O)OC(C)OCCCC)C(=O)OC(C)OCCCC)C(=O)OC(C)OCCCC)C(=O)OC(C)OCCCC. The second-order valence-electron chi connectivity index (χ2n) is 32.0. The molecule has 106 heavy (non-hydrogen) atoms. The third-order valence-electron chi connectivity index (χ3n) is 19.3. The van der Waals surface area contributed by atoms with Crippen LogP contribution in [0.3, 0.4) is 0 Å². The van der Waals surface area contributed by atoms with Crippen LogP contribution in [-0.4, -0.2) is 151 Å². The summed E-state index contributed by atoms with van der Waals surface area (Å²) >= 11 is 0. The van der Waals surface area contributed by atoms with Gasteiger partial charge in [-0.25, -0.2) is 0 Å². The Balaban J connectivity index is 9.88. The summed E-state index contributed by atoms with van der Waals surface area (Å²) in [6, 6.07) is 0. The summed E-state index contributed by atoms with van der Waals surface area (Å²) in [6.07, 6.45) is -0.794. The first-order valence-corrected chi connectivity index (χ1v) is 40.1. The van der Waals surface area contributed by atoms with Gasteiger partial charge in [-0.2, -0.15) is 0 Å². The number of rotatable bonds is 63. The van der Waals surface area contributed by atoms with Gasteiger partial charge in [-0.1, -0.05) is 114 Å². The summed E-state index contributed by atoms with van der Waals surface area (Å²) in [4.78, 5) is 125. The smallest absolute Gasteiger partial charge is 0.314 e. The molecule has 0 saturated heterocycles. The molecule has 0 aromatic heterocycles. The molecule has 0 bridgehead atoms. The minimum atomic E-state index is -2.11. The van der Waals surface area contributed by atoms with Crippen molar-refractivity contribution in [3.05, 3.63) is 0 Å². The molecule has 0 aliphatic heterocycles. The zero-order valence-electron chi connectivity index (χ0n) is 71.0. The molecule has 0 aromatic carbocycles. The topological polar surface area (TPSA) is 284 Å². The van der Waals surface area contributed by atoms with Crippen molar-refractivity contribution in [1.29, 1.82) is 0 Å². The molecular weight excluding hydrogens is 1370 g/mol. The Labute approximate surface area is 639 Å². The van der Waals surface area contributed by atoms with Gasteiger partial charge in [0.1, 0.15) is 0 Å². The van der Waals surface area contributed by atoms with E-state index in [0.717, 1.165) is 51.4 Å². The Kier molecular flexibility index (Phi) is 48.9. The Morgan fingerprint density at radius 3 is 0.491 bits per heavy atom. The fraction of sp³-hybridized carbons (Fsp3) is 0.902. The van der Waals surface area contributed by atoms with Crippen LogP contribution in [0.15, 0.2) is 0 Å². The van der Waals surface area contributed by atoms with E-state index in [4.69, 9.17) is 75.8 Å². The van der Waals surface area contributed by atoms with Gasteiger partial charge in [0.05, 0.1) is 96.2 Å². The fourth-order valence-electron chi connectivity index (χ4n) is 13.6. The van der Waals surface area contributed by atoms with Crippen molar-refractivity contribution in [2.75, 3.05) is 52.9 Å². The predicted molar refractivity (Wildman–Crippen MR) is 404 cm³/mol. The maximum absolute atomic E-state index is 16.2. The van der Waals surface area contributed by atoms with E-state index in [1.807, 2.05) is 55.4 Å². The molecule has 622 valence electrons. The first kappa shape index (κ1) is 101. The van der Waals surface area contributed by atoms with Crippen molar-refractivity contribution < 1.29 is 114 Å². The van der Waals surface area contributed by atoms with Gasteiger partial charge in [-0.15, -0.1) is 0 Å². The first-order chi connectivity index (χ1) is 49.5. The second kappa shape index (κ2) is 51.1. The molecule has 24 heteroatoms. The minimum Gasteiger partial charge on any atom is -0.436 e. The maximum atomic E-state index is 16.2. The predicted octanol–water partition coefficient (Wildman–Crippen LogP) is 17.8. The molecular formula is C82H150O24. The van der Waals surface area contributed by atoms with E-state index in [0.29, 0.717) is 64.6 Å². The Bertz CT molecular complexity index is 2530. The lowest BCUT2D eigenvalue weighted by atomic mass is 9.56. The van der Waals surface area contributed by atoms with Gasteiger partial charge in [0, 0.05) is 0 Å². The van der Waals surface area contributed by atoms with Gasteiger partial charge in [0.2, 0.25) is 0 Å². The summed E-state index contributed by atoms with van der Waals surface area (Å²) in [5.41, 5.74) is -15.0. The number of carbonyl (C=O) groups excluding carboxylic acids is 8. The number of hydrogen-bond acceptors (Lipinski definition) is 24. The summed E-state index contributed by atoms with van der Waals surface area (Å²) in [7, 11) is 0. The standard InChI is InChI=1S/C82H150O24/c1-27-36-44-91-59(10)99-67(83)75(18,19)52-77(21,69(85)101-61(12)93-46-38-29-3)54-79(23,71(87)103-63(14)95-48-40-31-5)56-81(25,73(89)105-65(16)97-50-42-33-7)58-82(26,74(90)106-66(17)98-51-43-34-8)57-80(24,72(88)104-64(15)96-49-41-32-6)55-78(22,70(86)102-62(13)94-47-39-30-4)53-76(20,35-9)68(84)100-60(11)92-45-37-28-2/h59-66H,27-58H2,1-26H3. The average Bonchev–Trinajstić information content (AvgIpc) is 0.751. The van der Waals surface area contributed by atoms with Crippen LogP contribution >= 0.6 is 0 Å². The third-order valence-corrected chi connectivity index (χ3v) is 19.3. The van der Waals surface area contributed by atoms with E-state index in [1.54, 1.807) is 96.9 Å². The average molecular weight is 1520 g/mol. The fourth-order valence-corrected chi connectivity index (χ4v) is 13.6. The van der Waals surface area contributed by atoms with E-state index in [-0.39, 0.29) is 58.9 Å². The normalized spacial score (nSPS) is 18.2. The largest absolute Gasteiger partial charge is 0.436 e. The number of esters is 8. The molecule has 0 saturated carbocycles. The van der Waals surface area contributed by atoms with Crippen LogP contribution in [0.25, 0.3) is 0 Å². The molecule has 0 aliphatic carbocycles. The van der Waals surface area contributed by atoms with Crippen molar-refractivity contribution in [3.63, 3.8) is 0 Å². The van der Waals surface area contributed by atoms with Gasteiger partial charge in [-0.3, -0.25) is 38.4 Å². The van der Waals surface area contributed by atoms with Crippen LogP contribution in [0, 0.1) is 43.3 Å². The van der Waals surface area contributed by atoms with Crippen molar-refractivity contribution in [2.24, 2.45) is 43.3 Å². The molecule has 0 rings (SSSR count). The lowest BCUT2D eigenvalue weighted by Gasteiger charge is -2.47. The molecule has 0 N–H and O–H groups in total. The zero-order chi connectivity index (χ0) is 81.2. The van der Waals surface area contributed by atoms with Gasteiger partial charge in [0.15, 0.2) is 50.3 Å². The Morgan fingerprint density at radius 2 is 0.340 bits per heavy atom. The van der Waals surface area contributed by atoms with Gasteiger partial charge in [0.25, 0.3) is 0 Å². The molecule has 0 fully saturated rings. The second-order valence-corrected chi connectivity index (χ2v) is 32.0. The number of carbonyl (C=O) groups is 8. The van der Waals surface area contributed by atoms with Crippen LogP contribution in [-0.2, 0) is 114 Å². The van der Waals surface area contributed by atoms with Crippen molar-refractivity contribution in [3.8, 4) is 0 Å². The monoisotopic (exact) mass is 1520 g/mol. The lowest BCUT2D eigenvalue weighted by molar-refractivity contribution is -0.204. The van der Waals surface area contributed by atoms with Crippen LogP contribution in [0.4, 0.5) is 0 Å². The lowest BCUT2D eigenvalue weighted by Crippen LogP contribution is -2.52. The summed E-state index contributed by atoms with van der Waals surface area (Å²) in [6.45, 7) is 46.3. The van der Waals surface area contributed by atoms with Gasteiger partial charge < -0.3 is 75.8 Å². The van der Waals surface area contributed by atoms with Gasteiger partial charge >= 0.3 is 47.8 Å². The summed E-state index contributed by atoms with van der Waals surface area (Å²) in [5, 5.41) is 0. The van der Waals surface area contributed by atoms with Crippen LogP contribution in [0.5, 0.6) is 0 Å². The van der Waals surface area contributed by atoms with Gasteiger partial charge in [-0.05, 0) is 220 Å². The summed E-state index contributed by atoms with van der Waals surface area (Å²) in [5.74, 6) is -6.96. The highest BCUT2D eigenvalue weighted by Gasteiger charge is 2.60. The number of hydrogen-bond donors (Lipinski definition) is 0. The van der Waals surface area contributed by atoms with Crippen LogP contribution < -0.4 is 0 Å². The highest BCUT2D eigenvalue weighted by molar-refractivity contribution is 5.87. The molecule has 0 aliphatic rings. The van der Waals surface area contributed by atoms with Crippen LogP contribution in [0.1, 0.15) is 334 Å². The molecule has 15 atom stereocenters. The number of ether oxygens (including phenoxy) is 16. The Morgan fingerprint density at radius 1 is 0.208 bits per heavy atom. The van der Waals surface area contributed by atoms with Crippen molar-refractivity contribution in [2.45, 2.75) is 384 Å². The Hall–Kier alpha value is -4.56. The van der Waals surface area contributed by atoms with Crippen molar-refractivity contribution in [1.82, 2.24) is 0 Å². The first-order valence-electron chi connectivity index (χ1n) is 40.1. The molecule has 0 amide bonds. The third kappa shape index (κ3) is 37.4. The summed E-state index contributed by atoms with van der Waals surface area (Å²) < 4.78 is 97.6. The molecule has 0 spiro atoms. The zero-order valence-corrected chi connectivity index (χ0v) is 71.0. The van der Waals surface area contributed by atoms with E-state index in [9.17, 15) is 9.59 Å². The van der Waals surface area contributed by atoms with E-state index < -0.39 is 173 Å². The molecule has 0 aromatic rings. The number of unbranched alkanes of at least 4 members (excludes halogenated alkanes) is 8. The van der Waals surface area contributed by atoms with E-state index in [2.05, 4.69) is 0 Å².